The number of fused-ring (bicyclic) bond motifs is 3. The van der Waals surface area contributed by atoms with Crippen molar-refractivity contribution in [1.82, 2.24) is 9.88 Å². The molecule has 7 nitrogen and oxygen atoms in total. The molecular weight excluding hydrogens is 488 g/mol. The Balaban J connectivity index is 1.29. The molecule has 168 valence electrons. The molecule has 1 aliphatic carbocycles. The molecule has 0 radical (unpaired) electrons. The van der Waals surface area contributed by atoms with Gasteiger partial charge < -0.3 is 19.5 Å². The monoisotopic (exact) mass is 508 g/mol. The van der Waals surface area contributed by atoms with E-state index in [4.69, 9.17) is 14.6 Å². The number of pyridine rings is 1. The van der Waals surface area contributed by atoms with Crippen LogP contribution in [0.4, 0.5) is 4.79 Å². The summed E-state index contributed by atoms with van der Waals surface area (Å²) in [6.07, 6.45) is 2.79. The second-order valence-corrected chi connectivity index (χ2v) is 9.05. The fourth-order valence-electron chi connectivity index (χ4n) is 4.67. The highest BCUT2D eigenvalue weighted by Gasteiger charge is 2.50. The van der Waals surface area contributed by atoms with Gasteiger partial charge in [0.15, 0.2) is 0 Å². The molecule has 0 bridgehead atoms. The summed E-state index contributed by atoms with van der Waals surface area (Å²) in [5.74, 6) is -1.09. The molecule has 33 heavy (non-hydrogen) atoms. The van der Waals surface area contributed by atoms with Gasteiger partial charge in [0.1, 0.15) is 18.8 Å². The largest absolute Gasteiger partial charge is 0.480 e. The quantitative estimate of drug-likeness (QED) is 0.530. The number of aromatic nitrogens is 1. The Bertz CT molecular complexity index is 1180. The van der Waals surface area contributed by atoms with E-state index in [0.29, 0.717) is 4.47 Å². The molecule has 2 heterocycles. The van der Waals surface area contributed by atoms with E-state index in [2.05, 4.69) is 45.2 Å². The Kier molecular flexibility index (Phi) is 5.64. The lowest BCUT2D eigenvalue weighted by molar-refractivity contribution is -0.168. The first-order chi connectivity index (χ1) is 16.0. The molecule has 1 aromatic heterocycles. The molecule has 0 unspecified atom stereocenters. The van der Waals surface area contributed by atoms with Crippen LogP contribution in [0.2, 0.25) is 0 Å². The van der Waals surface area contributed by atoms with E-state index >= 15 is 0 Å². The van der Waals surface area contributed by atoms with E-state index in [-0.39, 0.29) is 25.6 Å². The summed E-state index contributed by atoms with van der Waals surface area (Å²) in [6, 6.07) is 18.1. The minimum atomic E-state index is -1.07. The molecule has 1 saturated heterocycles. The van der Waals surface area contributed by atoms with Gasteiger partial charge in [-0.1, -0.05) is 48.5 Å². The molecule has 3 aromatic rings. The van der Waals surface area contributed by atoms with E-state index in [1.165, 1.54) is 16.0 Å². The number of rotatable bonds is 6. The average Bonchev–Trinajstić information content (AvgIpc) is 3.11. The molecule has 0 saturated carbocycles. The Hall–Kier alpha value is -3.23. The summed E-state index contributed by atoms with van der Waals surface area (Å²) in [7, 11) is 0. The Morgan fingerprint density at radius 1 is 1.06 bits per heavy atom. The van der Waals surface area contributed by atoms with Gasteiger partial charge in [0.25, 0.3) is 0 Å². The first-order valence-corrected chi connectivity index (χ1v) is 11.3. The van der Waals surface area contributed by atoms with Gasteiger partial charge in [0.2, 0.25) is 0 Å². The maximum absolute atomic E-state index is 12.9. The van der Waals surface area contributed by atoms with E-state index in [9.17, 15) is 9.59 Å². The van der Waals surface area contributed by atoms with Crippen LogP contribution < -0.4 is 0 Å². The predicted molar refractivity (Wildman–Crippen MR) is 124 cm³/mol. The zero-order valence-electron chi connectivity index (χ0n) is 17.6. The van der Waals surface area contributed by atoms with Gasteiger partial charge in [0.05, 0.1) is 13.1 Å². The number of halogens is 1. The highest BCUT2D eigenvalue weighted by Crippen LogP contribution is 2.45. The fraction of sp³-hybridized carbons (Fsp3) is 0.240. The molecular formula is C25H21BrN2O5. The normalized spacial score (nSPS) is 16.0. The van der Waals surface area contributed by atoms with Crippen LogP contribution in [0.15, 0.2) is 71.5 Å². The summed E-state index contributed by atoms with van der Waals surface area (Å²) >= 11 is 3.45. The molecule has 8 heteroatoms. The number of carboxylic acid groups (broad SMARTS) is 1. The molecule has 1 fully saturated rings. The zero-order chi connectivity index (χ0) is 23.0. The number of ether oxygens (including phenoxy) is 2. The summed E-state index contributed by atoms with van der Waals surface area (Å²) in [6.45, 7) is 0.151. The fourth-order valence-corrected chi connectivity index (χ4v) is 5.28. The van der Waals surface area contributed by atoms with Crippen molar-refractivity contribution in [1.29, 1.82) is 0 Å². The van der Waals surface area contributed by atoms with Crippen LogP contribution in [0.1, 0.15) is 22.6 Å². The summed E-state index contributed by atoms with van der Waals surface area (Å²) < 4.78 is 12.2. The number of likely N-dealkylation sites (tertiary alicyclic amines) is 1. The number of nitrogens with zero attached hydrogens (tertiary/aromatic N) is 2. The van der Waals surface area contributed by atoms with Crippen molar-refractivity contribution < 1.29 is 24.2 Å². The first-order valence-electron chi connectivity index (χ1n) is 10.5. The molecule has 1 amide bonds. The number of hydrogen-bond donors (Lipinski definition) is 1. The van der Waals surface area contributed by atoms with E-state index in [1.54, 1.807) is 18.5 Å². The van der Waals surface area contributed by atoms with Crippen molar-refractivity contribution in [3.05, 3.63) is 88.2 Å². The maximum Gasteiger partial charge on any atom is 0.410 e. The van der Waals surface area contributed by atoms with Gasteiger partial charge in [-0.3, -0.25) is 4.98 Å². The predicted octanol–water partition coefficient (Wildman–Crippen LogP) is 4.41. The summed E-state index contributed by atoms with van der Waals surface area (Å²) in [5.41, 5.74) is 4.46. The second-order valence-electron chi connectivity index (χ2n) is 8.19. The number of carboxylic acids is 1. The first kappa shape index (κ1) is 21.6. The average molecular weight is 509 g/mol. The van der Waals surface area contributed by atoms with Crippen LogP contribution in [0, 0.1) is 0 Å². The molecule has 0 spiro atoms. The Morgan fingerprint density at radius 2 is 1.70 bits per heavy atom. The van der Waals surface area contributed by atoms with Gasteiger partial charge in [-0.05, 0) is 44.3 Å². The highest BCUT2D eigenvalue weighted by atomic mass is 79.9. The van der Waals surface area contributed by atoms with E-state index in [1.807, 2.05) is 24.3 Å². The minimum Gasteiger partial charge on any atom is -0.480 e. The number of aliphatic carboxylic acids is 1. The van der Waals surface area contributed by atoms with Crippen LogP contribution >= 0.6 is 15.9 Å². The van der Waals surface area contributed by atoms with Crippen molar-refractivity contribution in [3.63, 3.8) is 0 Å². The topological polar surface area (TPSA) is 89.0 Å². The zero-order valence-corrected chi connectivity index (χ0v) is 19.2. The Morgan fingerprint density at radius 3 is 2.30 bits per heavy atom. The second kappa shape index (κ2) is 8.61. The van der Waals surface area contributed by atoms with Gasteiger partial charge in [-0.15, -0.1) is 0 Å². The smallest absolute Gasteiger partial charge is 0.410 e. The molecule has 2 aliphatic rings. The van der Waals surface area contributed by atoms with Crippen molar-refractivity contribution in [2.75, 3.05) is 26.3 Å². The lowest BCUT2D eigenvalue weighted by atomic mass is 9.86. The summed E-state index contributed by atoms with van der Waals surface area (Å²) in [4.78, 5) is 29.6. The van der Waals surface area contributed by atoms with Crippen molar-refractivity contribution in [2.45, 2.75) is 11.5 Å². The lowest BCUT2D eigenvalue weighted by Gasteiger charge is -2.49. The van der Waals surface area contributed by atoms with Crippen LogP contribution in [0.3, 0.4) is 0 Å². The van der Waals surface area contributed by atoms with Crippen LogP contribution in [-0.4, -0.2) is 53.4 Å². The molecule has 0 atom stereocenters. The maximum atomic E-state index is 12.9. The minimum absolute atomic E-state index is 0.0232. The third kappa shape index (κ3) is 3.89. The van der Waals surface area contributed by atoms with Crippen LogP contribution in [-0.2, 0) is 19.9 Å². The highest BCUT2D eigenvalue weighted by molar-refractivity contribution is 9.10. The number of amides is 1. The SMILES string of the molecule is O=C(O)COC1(c2ccncc2Br)CN(C(=O)OCC2c3ccccc3-c3ccccc32)C1. The third-order valence-electron chi connectivity index (χ3n) is 6.22. The molecule has 1 aliphatic heterocycles. The third-order valence-corrected chi connectivity index (χ3v) is 6.85. The van der Waals surface area contributed by atoms with Crippen LogP contribution in [0.5, 0.6) is 0 Å². The standard InChI is InChI=1S/C25H21BrN2O5/c26-22-11-27-10-9-21(22)25(33-13-23(29)30)14-28(15-25)24(31)32-12-20-18-7-3-1-5-16(18)17-6-2-4-8-19(17)20/h1-11,20H,12-15H2,(H,29,30). The van der Waals surface area contributed by atoms with Gasteiger partial charge in [-0.25, -0.2) is 9.59 Å². The molecule has 2 aromatic carbocycles. The molecule has 5 rings (SSSR count). The number of carbonyl (C=O) groups excluding carboxylic acids is 1. The van der Waals surface area contributed by atoms with Gasteiger partial charge in [-0.2, -0.15) is 0 Å². The Labute approximate surface area is 199 Å². The number of carbonyl (C=O) groups is 2. The summed E-state index contributed by atoms with van der Waals surface area (Å²) in [5, 5.41) is 9.10. The number of benzene rings is 2. The number of hydrogen-bond acceptors (Lipinski definition) is 5. The van der Waals surface area contributed by atoms with Crippen molar-refractivity contribution in [3.8, 4) is 11.1 Å². The van der Waals surface area contributed by atoms with Gasteiger partial charge in [0, 0.05) is 28.3 Å². The van der Waals surface area contributed by atoms with E-state index in [0.717, 1.165) is 16.7 Å². The van der Waals surface area contributed by atoms with Crippen molar-refractivity contribution >= 4 is 28.0 Å². The lowest BCUT2D eigenvalue weighted by Crippen LogP contribution is -2.63. The van der Waals surface area contributed by atoms with Crippen LogP contribution in [0.25, 0.3) is 11.1 Å². The van der Waals surface area contributed by atoms with Gasteiger partial charge >= 0.3 is 12.1 Å². The van der Waals surface area contributed by atoms with Crippen molar-refractivity contribution in [2.24, 2.45) is 0 Å². The van der Waals surface area contributed by atoms with E-state index < -0.39 is 24.3 Å². The molecule has 1 N–H and O–H groups in total.